The smallest absolute Gasteiger partial charge is 0.338 e. The molecule has 4 rings (SSSR count). The zero-order valence-corrected chi connectivity index (χ0v) is 19.4. The Morgan fingerprint density at radius 1 is 0.735 bits per heavy atom. The number of nitrogens with zero attached hydrogens (tertiary/aromatic N) is 1. The van der Waals surface area contributed by atoms with Gasteiger partial charge in [0.25, 0.3) is 0 Å². The molecule has 0 aliphatic heterocycles. The minimum atomic E-state index is -0.405. The standard InChI is InChI=1S/C29H25NO4/c1-19-9-8-14-30-27(19)17-20-15-21(23-10-4-6-12-25(23)28(31)33-2)18-22(16-20)24-11-5-7-13-26(24)29(32)34-3/h4-16,18H,17H2,1-3H3. The Balaban J connectivity index is 1.93. The number of ether oxygens (including phenoxy) is 2. The van der Waals surface area contributed by atoms with Crippen molar-refractivity contribution in [2.75, 3.05) is 14.2 Å². The van der Waals surface area contributed by atoms with Crippen LogP contribution < -0.4 is 0 Å². The predicted octanol–water partition coefficient (Wildman–Crippen LogP) is 5.89. The van der Waals surface area contributed by atoms with Crippen LogP contribution in [0.2, 0.25) is 0 Å². The number of methoxy groups -OCH3 is 2. The lowest BCUT2D eigenvalue weighted by atomic mass is 9.90. The van der Waals surface area contributed by atoms with Crippen LogP contribution in [0.4, 0.5) is 0 Å². The number of carbonyl (C=O) groups excluding carboxylic acids is 2. The fraction of sp³-hybridized carbons (Fsp3) is 0.138. The number of hydrogen-bond acceptors (Lipinski definition) is 5. The number of aryl methyl sites for hydroxylation is 1. The monoisotopic (exact) mass is 451 g/mol. The zero-order valence-electron chi connectivity index (χ0n) is 19.4. The molecule has 5 nitrogen and oxygen atoms in total. The second-order valence-corrected chi connectivity index (χ2v) is 7.94. The third-order valence-corrected chi connectivity index (χ3v) is 5.77. The quantitative estimate of drug-likeness (QED) is 0.342. The fourth-order valence-corrected chi connectivity index (χ4v) is 4.05. The van der Waals surface area contributed by atoms with E-state index < -0.39 is 11.9 Å². The van der Waals surface area contributed by atoms with Gasteiger partial charge in [0.2, 0.25) is 0 Å². The van der Waals surface area contributed by atoms with Gasteiger partial charge in [-0.3, -0.25) is 4.98 Å². The summed E-state index contributed by atoms with van der Waals surface area (Å²) in [5.41, 5.74) is 7.23. The molecule has 0 radical (unpaired) electrons. The Hall–Kier alpha value is -4.25. The number of hydrogen-bond donors (Lipinski definition) is 0. The highest BCUT2D eigenvalue weighted by Crippen LogP contribution is 2.33. The zero-order chi connectivity index (χ0) is 24.1. The molecule has 3 aromatic carbocycles. The van der Waals surface area contributed by atoms with Gasteiger partial charge in [-0.25, -0.2) is 9.59 Å². The molecule has 0 bridgehead atoms. The predicted molar refractivity (Wildman–Crippen MR) is 132 cm³/mol. The average molecular weight is 452 g/mol. The van der Waals surface area contributed by atoms with Gasteiger partial charge in [0, 0.05) is 18.3 Å². The third-order valence-electron chi connectivity index (χ3n) is 5.77. The molecule has 0 spiro atoms. The summed E-state index contributed by atoms with van der Waals surface area (Å²) in [5, 5.41) is 0. The molecule has 0 saturated heterocycles. The van der Waals surface area contributed by atoms with Gasteiger partial charge in [0.05, 0.1) is 25.3 Å². The Morgan fingerprint density at radius 3 is 1.76 bits per heavy atom. The van der Waals surface area contributed by atoms with Gasteiger partial charge in [-0.2, -0.15) is 0 Å². The van der Waals surface area contributed by atoms with Crippen molar-refractivity contribution in [2.24, 2.45) is 0 Å². The maximum Gasteiger partial charge on any atom is 0.338 e. The Kier molecular flexibility index (Phi) is 6.83. The summed E-state index contributed by atoms with van der Waals surface area (Å²) in [4.78, 5) is 29.5. The molecule has 0 fully saturated rings. The van der Waals surface area contributed by atoms with Crippen molar-refractivity contribution in [1.29, 1.82) is 0 Å². The van der Waals surface area contributed by atoms with Crippen molar-refractivity contribution in [3.63, 3.8) is 0 Å². The molecule has 34 heavy (non-hydrogen) atoms. The van der Waals surface area contributed by atoms with Crippen molar-refractivity contribution >= 4 is 11.9 Å². The maximum absolute atomic E-state index is 12.5. The molecule has 0 unspecified atom stereocenters. The van der Waals surface area contributed by atoms with Crippen molar-refractivity contribution in [2.45, 2.75) is 13.3 Å². The van der Waals surface area contributed by atoms with Crippen LogP contribution in [-0.4, -0.2) is 31.1 Å². The Labute approximate surface area is 199 Å². The van der Waals surface area contributed by atoms with Crippen LogP contribution in [0.5, 0.6) is 0 Å². The molecule has 0 aliphatic carbocycles. The van der Waals surface area contributed by atoms with E-state index in [-0.39, 0.29) is 0 Å². The molecular weight excluding hydrogens is 426 g/mol. The second kappa shape index (κ2) is 10.1. The Morgan fingerprint density at radius 2 is 1.26 bits per heavy atom. The molecular formula is C29H25NO4. The molecule has 170 valence electrons. The number of rotatable bonds is 6. The molecule has 1 aromatic heterocycles. The summed E-state index contributed by atoms with van der Waals surface area (Å²) in [7, 11) is 2.74. The van der Waals surface area contributed by atoms with Crippen LogP contribution in [0, 0.1) is 6.92 Å². The highest BCUT2D eigenvalue weighted by molar-refractivity contribution is 5.99. The lowest BCUT2D eigenvalue weighted by Gasteiger charge is -2.15. The first-order valence-electron chi connectivity index (χ1n) is 10.9. The number of esters is 2. The van der Waals surface area contributed by atoms with Gasteiger partial charge in [-0.05, 0) is 64.6 Å². The van der Waals surface area contributed by atoms with Crippen LogP contribution in [-0.2, 0) is 15.9 Å². The SMILES string of the molecule is COC(=O)c1ccccc1-c1cc(Cc2ncccc2C)cc(-c2ccccc2C(=O)OC)c1. The van der Waals surface area contributed by atoms with Gasteiger partial charge in [-0.15, -0.1) is 0 Å². The first kappa shape index (κ1) is 22.9. The van der Waals surface area contributed by atoms with Crippen LogP contribution in [0.1, 0.15) is 37.5 Å². The van der Waals surface area contributed by atoms with Crippen molar-refractivity contribution < 1.29 is 19.1 Å². The van der Waals surface area contributed by atoms with Gasteiger partial charge in [0.15, 0.2) is 0 Å². The molecule has 5 heteroatoms. The normalized spacial score (nSPS) is 10.6. The van der Waals surface area contributed by atoms with E-state index in [1.165, 1.54) is 14.2 Å². The molecule has 0 saturated carbocycles. The van der Waals surface area contributed by atoms with Crippen LogP contribution >= 0.6 is 0 Å². The van der Waals surface area contributed by atoms with E-state index in [0.717, 1.165) is 39.1 Å². The van der Waals surface area contributed by atoms with Crippen molar-refractivity contribution in [1.82, 2.24) is 4.98 Å². The van der Waals surface area contributed by atoms with Gasteiger partial charge in [0.1, 0.15) is 0 Å². The Bertz CT molecular complexity index is 1280. The molecule has 1 heterocycles. The first-order chi connectivity index (χ1) is 16.5. The summed E-state index contributed by atoms with van der Waals surface area (Å²) in [6, 6.07) is 24.7. The van der Waals surface area contributed by atoms with Crippen LogP contribution in [0.25, 0.3) is 22.3 Å². The van der Waals surface area contributed by atoms with Gasteiger partial charge >= 0.3 is 11.9 Å². The molecule has 0 N–H and O–H groups in total. The fourth-order valence-electron chi connectivity index (χ4n) is 4.05. The van der Waals surface area contributed by atoms with E-state index in [1.807, 2.05) is 61.5 Å². The number of benzene rings is 3. The number of carbonyl (C=O) groups is 2. The van der Waals surface area contributed by atoms with E-state index in [2.05, 4.69) is 17.1 Å². The van der Waals surface area contributed by atoms with E-state index in [0.29, 0.717) is 17.5 Å². The average Bonchev–Trinajstić information content (AvgIpc) is 2.89. The summed E-state index contributed by atoms with van der Waals surface area (Å²) >= 11 is 0. The first-order valence-corrected chi connectivity index (χ1v) is 10.9. The summed E-state index contributed by atoms with van der Waals surface area (Å²) in [6.45, 7) is 2.03. The minimum Gasteiger partial charge on any atom is -0.465 e. The van der Waals surface area contributed by atoms with E-state index in [4.69, 9.17) is 9.47 Å². The maximum atomic E-state index is 12.5. The van der Waals surface area contributed by atoms with Gasteiger partial charge < -0.3 is 9.47 Å². The second-order valence-electron chi connectivity index (χ2n) is 7.94. The van der Waals surface area contributed by atoms with Crippen molar-refractivity contribution in [3.05, 3.63) is 113 Å². The minimum absolute atomic E-state index is 0.405. The highest BCUT2D eigenvalue weighted by Gasteiger charge is 2.17. The molecule has 0 amide bonds. The van der Waals surface area contributed by atoms with Gasteiger partial charge in [-0.1, -0.05) is 54.6 Å². The summed E-state index contributed by atoms with van der Waals surface area (Å²) in [5.74, 6) is -0.809. The van der Waals surface area contributed by atoms with E-state index in [9.17, 15) is 9.59 Å². The largest absolute Gasteiger partial charge is 0.465 e. The van der Waals surface area contributed by atoms with Crippen LogP contribution in [0.3, 0.4) is 0 Å². The topological polar surface area (TPSA) is 65.5 Å². The molecule has 0 aliphatic rings. The number of pyridine rings is 1. The van der Waals surface area contributed by atoms with E-state index in [1.54, 1.807) is 18.3 Å². The lowest BCUT2D eigenvalue weighted by Crippen LogP contribution is -2.05. The number of aromatic nitrogens is 1. The highest BCUT2D eigenvalue weighted by atomic mass is 16.5. The summed E-state index contributed by atoms with van der Waals surface area (Å²) in [6.07, 6.45) is 2.39. The summed E-state index contributed by atoms with van der Waals surface area (Å²) < 4.78 is 10.0. The lowest BCUT2D eigenvalue weighted by molar-refractivity contribution is 0.0592. The third kappa shape index (κ3) is 4.74. The van der Waals surface area contributed by atoms with Crippen molar-refractivity contribution in [3.8, 4) is 22.3 Å². The molecule has 0 atom stereocenters. The van der Waals surface area contributed by atoms with E-state index >= 15 is 0 Å². The van der Waals surface area contributed by atoms with Crippen LogP contribution in [0.15, 0.2) is 85.1 Å². The molecule has 4 aromatic rings.